The first-order valence-electron chi connectivity index (χ1n) is 5.38. The Hall–Kier alpha value is -3.06. The van der Waals surface area contributed by atoms with Gasteiger partial charge in [0.1, 0.15) is 11.0 Å². The molecule has 0 spiro atoms. The van der Waals surface area contributed by atoms with Gasteiger partial charge in [-0.05, 0) is 12.1 Å². The van der Waals surface area contributed by atoms with Crippen LogP contribution in [0.1, 0.15) is 16.2 Å². The summed E-state index contributed by atoms with van der Waals surface area (Å²) < 4.78 is 26.4. The molecule has 0 atom stereocenters. The van der Waals surface area contributed by atoms with Gasteiger partial charge in [-0.3, -0.25) is 4.72 Å². The van der Waals surface area contributed by atoms with E-state index in [0.717, 1.165) is 12.4 Å². The highest BCUT2D eigenvalue weighted by Crippen LogP contribution is 2.18. The molecule has 21 heavy (non-hydrogen) atoms. The molecule has 2 aromatic rings. The van der Waals surface area contributed by atoms with E-state index in [2.05, 4.69) is 15.0 Å². The number of carboxylic acid groups (broad SMARTS) is 1. The second-order valence-electron chi connectivity index (χ2n) is 3.63. The summed E-state index contributed by atoms with van der Waals surface area (Å²) in [7, 11) is -4.21. The van der Waals surface area contributed by atoms with Crippen molar-refractivity contribution >= 4 is 21.8 Å². The van der Waals surface area contributed by atoms with Gasteiger partial charge in [-0.1, -0.05) is 0 Å². The lowest BCUT2D eigenvalue weighted by Gasteiger charge is -2.09. The third kappa shape index (κ3) is 2.93. The van der Waals surface area contributed by atoms with Crippen LogP contribution >= 0.6 is 0 Å². The molecule has 0 aliphatic heterocycles. The van der Waals surface area contributed by atoms with E-state index in [4.69, 9.17) is 10.4 Å². The van der Waals surface area contributed by atoms with Crippen LogP contribution in [0, 0.1) is 11.3 Å². The van der Waals surface area contributed by atoms with Gasteiger partial charge < -0.3 is 5.11 Å². The van der Waals surface area contributed by atoms with Gasteiger partial charge >= 0.3 is 5.97 Å². The van der Waals surface area contributed by atoms with Crippen molar-refractivity contribution < 1.29 is 18.3 Å². The van der Waals surface area contributed by atoms with Gasteiger partial charge in [0, 0.05) is 18.6 Å². The number of nitrogens with zero attached hydrogens (tertiary/aromatic N) is 4. The summed E-state index contributed by atoms with van der Waals surface area (Å²) in [4.78, 5) is 21.4. The van der Waals surface area contributed by atoms with Crippen LogP contribution in [0.2, 0.25) is 0 Å². The molecule has 10 heteroatoms. The molecule has 2 heterocycles. The number of aromatic carboxylic acids is 1. The Kier molecular flexibility index (Phi) is 3.77. The van der Waals surface area contributed by atoms with Crippen molar-refractivity contribution in [3.8, 4) is 6.07 Å². The van der Waals surface area contributed by atoms with E-state index in [9.17, 15) is 13.2 Å². The topological polar surface area (TPSA) is 146 Å². The first kappa shape index (κ1) is 14.4. The minimum absolute atomic E-state index is 0.314. The number of hydrogen-bond donors (Lipinski definition) is 2. The Morgan fingerprint density at radius 1 is 1.24 bits per heavy atom. The van der Waals surface area contributed by atoms with Crippen LogP contribution in [-0.4, -0.2) is 34.4 Å². The van der Waals surface area contributed by atoms with Gasteiger partial charge in [-0.2, -0.15) is 5.26 Å². The molecular weight excluding hydrogens is 298 g/mol. The molecule has 0 amide bonds. The fourth-order valence-corrected chi connectivity index (χ4v) is 2.57. The van der Waals surface area contributed by atoms with Crippen LogP contribution in [0.5, 0.6) is 0 Å². The van der Waals surface area contributed by atoms with Crippen molar-refractivity contribution in [1.29, 1.82) is 5.26 Å². The molecule has 0 saturated carbocycles. The number of anilines is 1. The van der Waals surface area contributed by atoms with Crippen molar-refractivity contribution in [2.24, 2.45) is 0 Å². The molecule has 2 N–H and O–H groups in total. The van der Waals surface area contributed by atoms with Crippen LogP contribution in [0.3, 0.4) is 0 Å². The van der Waals surface area contributed by atoms with Crippen molar-refractivity contribution in [2.75, 3.05) is 4.72 Å². The second kappa shape index (κ2) is 5.51. The predicted molar refractivity (Wildman–Crippen MR) is 68.8 cm³/mol. The standard InChI is InChI=1S/C11H7N5O4S/c12-6-7-8(2-1-3-13-7)21(19,20)16-10-9(11(17)18)14-4-5-15-10/h1-5H,(H,15,16)(H,17,18). The normalized spacial score (nSPS) is 10.6. The van der Waals surface area contributed by atoms with Crippen molar-refractivity contribution in [3.05, 3.63) is 42.1 Å². The summed E-state index contributed by atoms with van der Waals surface area (Å²) >= 11 is 0. The lowest BCUT2D eigenvalue weighted by molar-refractivity contribution is 0.0691. The zero-order valence-electron chi connectivity index (χ0n) is 10.3. The van der Waals surface area contributed by atoms with E-state index in [1.165, 1.54) is 18.3 Å². The van der Waals surface area contributed by atoms with Gasteiger partial charge in [0.2, 0.25) is 0 Å². The molecule has 0 unspecified atom stereocenters. The maximum atomic E-state index is 12.2. The number of carboxylic acids is 1. The number of hydrogen-bond acceptors (Lipinski definition) is 7. The Morgan fingerprint density at radius 2 is 1.95 bits per heavy atom. The van der Waals surface area contributed by atoms with Gasteiger partial charge in [0.15, 0.2) is 17.2 Å². The molecule has 0 aromatic carbocycles. The van der Waals surface area contributed by atoms with Crippen LogP contribution in [-0.2, 0) is 10.0 Å². The second-order valence-corrected chi connectivity index (χ2v) is 5.28. The van der Waals surface area contributed by atoms with E-state index >= 15 is 0 Å². The lowest BCUT2D eigenvalue weighted by atomic mass is 10.4. The molecule has 106 valence electrons. The maximum absolute atomic E-state index is 12.2. The third-order valence-electron chi connectivity index (χ3n) is 2.30. The highest BCUT2D eigenvalue weighted by atomic mass is 32.2. The summed E-state index contributed by atoms with van der Waals surface area (Å²) in [6.45, 7) is 0. The monoisotopic (exact) mass is 305 g/mol. The number of rotatable bonds is 4. The highest BCUT2D eigenvalue weighted by Gasteiger charge is 2.23. The van der Waals surface area contributed by atoms with Gasteiger partial charge in [-0.15, -0.1) is 0 Å². The Morgan fingerprint density at radius 3 is 2.62 bits per heavy atom. The van der Waals surface area contributed by atoms with Gasteiger partial charge in [-0.25, -0.2) is 28.2 Å². The molecular formula is C11H7N5O4S. The van der Waals surface area contributed by atoms with E-state index in [-0.39, 0.29) is 10.6 Å². The SMILES string of the molecule is N#Cc1ncccc1S(=O)(=O)Nc1nccnc1C(=O)O. The number of carbonyl (C=O) groups is 1. The Bertz CT molecular complexity index is 844. The molecule has 9 nitrogen and oxygen atoms in total. The number of nitriles is 1. The molecule has 2 aromatic heterocycles. The quantitative estimate of drug-likeness (QED) is 0.816. The number of aromatic nitrogens is 3. The van der Waals surface area contributed by atoms with E-state index in [1.54, 1.807) is 6.07 Å². The summed E-state index contributed by atoms with van der Waals surface area (Å²) in [5.74, 6) is -1.88. The van der Waals surface area contributed by atoms with Crippen LogP contribution < -0.4 is 4.72 Å². The van der Waals surface area contributed by atoms with Crippen molar-refractivity contribution in [1.82, 2.24) is 15.0 Å². The van der Waals surface area contributed by atoms with Crippen molar-refractivity contribution in [2.45, 2.75) is 4.90 Å². The van der Waals surface area contributed by atoms with Crippen LogP contribution in [0.25, 0.3) is 0 Å². The molecule has 0 aliphatic carbocycles. The predicted octanol–water partition coefficient (Wildman–Crippen LogP) is 0.242. The maximum Gasteiger partial charge on any atom is 0.358 e. The average Bonchev–Trinajstić information content (AvgIpc) is 2.47. The van der Waals surface area contributed by atoms with Gasteiger partial charge in [0.25, 0.3) is 10.0 Å². The molecule has 0 aliphatic rings. The number of pyridine rings is 1. The summed E-state index contributed by atoms with van der Waals surface area (Å²) in [5.41, 5.74) is -0.866. The molecule has 0 radical (unpaired) electrons. The van der Waals surface area contributed by atoms with Crippen LogP contribution in [0.15, 0.2) is 35.6 Å². The molecule has 0 bridgehead atoms. The van der Waals surface area contributed by atoms with Crippen molar-refractivity contribution in [3.63, 3.8) is 0 Å². The van der Waals surface area contributed by atoms with E-state index < -0.39 is 27.5 Å². The minimum atomic E-state index is -4.21. The number of nitrogens with one attached hydrogen (secondary N) is 1. The lowest BCUT2D eigenvalue weighted by Crippen LogP contribution is -2.18. The highest BCUT2D eigenvalue weighted by molar-refractivity contribution is 7.92. The smallest absolute Gasteiger partial charge is 0.358 e. The summed E-state index contributed by atoms with van der Waals surface area (Å²) in [5, 5.41) is 17.8. The average molecular weight is 305 g/mol. The Balaban J connectivity index is 2.49. The Labute approximate surface area is 119 Å². The zero-order valence-corrected chi connectivity index (χ0v) is 11.1. The minimum Gasteiger partial charge on any atom is -0.476 e. The van der Waals surface area contributed by atoms with E-state index in [1.807, 2.05) is 4.72 Å². The zero-order chi connectivity index (χ0) is 15.5. The fourth-order valence-electron chi connectivity index (χ4n) is 1.44. The van der Waals surface area contributed by atoms with Crippen LogP contribution in [0.4, 0.5) is 5.82 Å². The van der Waals surface area contributed by atoms with Gasteiger partial charge in [0.05, 0.1) is 0 Å². The van der Waals surface area contributed by atoms with E-state index in [0.29, 0.717) is 0 Å². The summed E-state index contributed by atoms with van der Waals surface area (Å²) in [6.07, 6.45) is 3.52. The molecule has 2 rings (SSSR count). The fraction of sp³-hybridized carbons (Fsp3) is 0. The number of sulfonamides is 1. The third-order valence-corrected chi connectivity index (χ3v) is 3.67. The first-order chi connectivity index (χ1) is 9.95. The summed E-state index contributed by atoms with van der Waals surface area (Å²) in [6, 6.07) is 4.15. The molecule has 0 saturated heterocycles. The largest absolute Gasteiger partial charge is 0.476 e. The molecule has 0 fully saturated rings. The first-order valence-corrected chi connectivity index (χ1v) is 6.86.